The first-order valence-corrected chi connectivity index (χ1v) is 6.91. The Morgan fingerprint density at radius 1 is 1.45 bits per heavy atom. The quantitative estimate of drug-likeness (QED) is 0.852. The SMILES string of the molecule is COC(=O)C1CCCN(Cc2cc(F)cc(CN)c2)C1. The first-order chi connectivity index (χ1) is 9.62. The summed E-state index contributed by atoms with van der Waals surface area (Å²) >= 11 is 0. The molecule has 0 spiro atoms. The molecule has 0 saturated carbocycles. The van der Waals surface area contributed by atoms with Gasteiger partial charge in [0.05, 0.1) is 13.0 Å². The average molecular weight is 280 g/mol. The van der Waals surface area contributed by atoms with Crippen LogP contribution in [-0.4, -0.2) is 31.1 Å². The van der Waals surface area contributed by atoms with Gasteiger partial charge in [0.25, 0.3) is 0 Å². The van der Waals surface area contributed by atoms with Crippen molar-refractivity contribution in [2.45, 2.75) is 25.9 Å². The van der Waals surface area contributed by atoms with Gasteiger partial charge in [-0.25, -0.2) is 4.39 Å². The predicted octanol–water partition coefficient (Wildman–Crippen LogP) is 1.67. The van der Waals surface area contributed by atoms with Gasteiger partial charge in [0.1, 0.15) is 5.82 Å². The van der Waals surface area contributed by atoms with Crippen LogP contribution in [0.25, 0.3) is 0 Å². The van der Waals surface area contributed by atoms with E-state index in [2.05, 4.69) is 4.90 Å². The molecule has 0 aromatic heterocycles. The van der Waals surface area contributed by atoms with Crippen molar-refractivity contribution in [3.05, 3.63) is 35.1 Å². The molecule has 1 heterocycles. The number of benzene rings is 1. The molecule has 0 bridgehead atoms. The van der Waals surface area contributed by atoms with Gasteiger partial charge < -0.3 is 10.5 Å². The molecule has 1 aliphatic rings. The minimum absolute atomic E-state index is 0.0729. The molecular formula is C15H21FN2O2. The van der Waals surface area contributed by atoms with Crippen molar-refractivity contribution in [2.75, 3.05) is 20.2 Å². The number of likely N-dealkylation sites (tertiary alicyclic amines) is 1. The van der Waals surface area contributed by atoms with E-state index < -0.39 is 0 Å². The number of esters is 1. The van der Waals surface area contributed by atoms with Crippen LogP contribution in [0.1, 0.15) is 24.0 Å². The Bertz CT molecular complexity index is 479. The van der Waals surface area contributed by atoms with Gasteiger partial charge in [-0.15, -0.1) is 0 Å². The summed E-state index contributed by atoms with van der Waals surface area (Å²) in [6, 6.07) is 4.91. The van der Waals surface area contributed by atoms with Crippen LogP contribution in [0.2, 0.25) is 0 Å². The number of piperidine rings is 1. The molecule has 4 nitrogen and oxygen atoms in total. The van der Waals surface area contributed by atoms with E-state index in [4.69, 9.17) is 10.5 Å². The van der Waals surface area contributed by atoms with E-state index in [0.717, 1.165) is 30.5 Å². The van der Waals surface area contributed by atoms with E-state index in [1.807, 2.05) is 6.07 Å². The molecule has 110 valence electrons. The van der Waals surface area contributed by atoms with Crippen LogP contribution >= 0.6 is 0 Å². The molecule has 1 atom stereocenters. The fraction of sp³-hybridized carbons (Fsp3) is 0.533. The number of hydrogen-bond acceptors (Lipinski definition) is 4. The molecule has 1 aromatic rings. The third-order valence-electron chi connectivity index (χ3n) is 3.70. The van der Waals surface area contributed by atoms with Crippen molar-refractivity contribution in [1.82, 2.24) is 4.90 Å². The number of carbonyl (C=O) groups excluding carboxylic acids is 1. The Labute approximate surface area is 118 Å². The van der Waals surface area contributed by atoms with E-state index in [1.165, 1.54) is 19.2 Å². The molecule has 1 fully saturated rings. The number of carbonyl (C=O) groups is 1. The van der Waals surface area contributed by atoms with Crippen LogP contribution < -0.4 is 5.73 Å². The summed E-state index contributed by atoms with van der Waals surface area (Å²) in [5, 5.41) is 0. The number of ether oxygens (including phenoxy) is 1. The summed E-state index contributed by atoms with van der Waals surface area (Å²) in [6.45, 7) is 2.55. The number of nitrogens with two attached hydrogens (primary N) is 1. The minimum Gasteiger partial charge on any atom is -0.469 e. The Balaban J connectivity index is 2.02. The van der Waals surface area contributed by atoms with Crippen molar-refractivity contribution in [1.29, 1.82) is 0 Å². The Morgan fingerprint density at radius 2 is 2.20 bits per heavy atom. The maximum Gasteiger partial charge on any atom is 0.309 e. The fourth-order valence-electron chi connectivity index (χ4n) is 2.74. The molecule has 1 aliphatic heterocycles. The Hall–Kier alpha value is -1.46. The summed E-state index contributed by atoms with van der Waals surface area (Å²) in [5.74, 6) is -0.489. The molecule has 0 amide bonds. The molecule has 1 saturated heterocycles. The van der Waals surface area contributed by atoms with Crippen LogP contribution in [0.5, 0.6) is 0 Å². The number of nitrogens with zero attached hydrogens (tertiary/aromatic N) is 1. The molecule has 1 aromatic carbocycles. The largest absolute Gasteiger partial charge is 0.469 e. The monoisotopic (exact) mass is 280 g/mol. The zero-order chi connectivity index (χ0) is 14.5. The summed E-state index contributed by atoms with van der Waals surface area (Å²) in [4.78, 5) is 13.8. The molecule has 1 unspecified atom stereocenters. The number of halogens is 1. The van der Waals surface area contributed by atoms with Gasteiger partial charge in [0.15, 0.2) is 0 Å². The van der Waals surface area contributed by atoms with Crippen molar-refractivity contribution in [3.63, 3.8) is 0 Å². The van der Waals surface area contributed by atoms with Crippen LogP contribution in [0.3, 0.4) is 0 Å². The van der Waals surface area contributed by atoms with Gasteiger partial charge in [0.2, 0.25) is 0 Å². The lowest BCUT2D eigenvalue weighted by atomic mass is 9.97. The van der Waals surface area contributed by atoms with Gasteiger partial charge in [-0.05, 0) is 42.6 Å². The number of hydrogen-bond donors (Lipinski definition) is 1. The highest BCUT2D eigenvalue weighted by molar-refractivity contribution is 5.72. The lowest BCUT2D eigenvalue weighted by Crippen LogP contribution is -2.38. The van der Waals surface area contributed by atoms with Crippen LogP contribution in [0.4, 0.5) is 4.39 Å². The normalized spacial score (nSPS) is 19.9. The molecule has 2 rings (SSSR count). The third-order valence-corrected chi connectivity index (χ3v) is 3.70. The van der Waals surface area contributed by atoms with Gasteiger partial charge in [-0.2, -0.15) is 0 Å². The second-order valence-electron chi connectivity index (χ2n) is 5.27. The van der Waals surface area contributed by atoms with Crippen molar-refractivity contribution in [2.24, 2.45) is 11.7 Å². The van der Waals surface area contributed by atoms with Crippen LogP contribution in [0, 0.1) is 11.7 Å². The van der Waals surface area contributed by atoms with E-state index >= 15 is 0 Å². The van der Waals surface area contributed by atoms with Gasteiger partial charge in [0, 0.05) is 19.6 Å². The maximum atomic E-state index is 13.5. The molecule has 0 radical (unpaired) electrons. The van der Waals surface area contributed by atoms with Crippen molar-refractivity contribution < 1.29 is 13.9 Å². The standard InChI is InChI=1S/C15H21FN2O2/c1-20-15(19)13-3-2-4-18(10-13)9-12-5-11(8-17)6-14(16)7-12/h5-7,13H,2-4,8-10,17H2,1H3. The van der Waals surface area contributed by atoms with Crippen LogP contribution in [-0.2, 0) is 22.6 Å². The Kier molecular flexibility index (Phi) is 5.09. The molecule has 2 N–H and O–H groups in total. The maximum absolute atomic E-state index is 13.5. The van der Waals surface area contributed by atoms with Crippen molar-refractivity contribution in [3.8, 4) is 0 Å². The number of rotatable bonds is 4. The topological polar surface area (TPSA) is 55.6 Å². The molecule has 0 aliphatic carbocycles. The smallest absolute Gasteiger partial charge is 0.309 e. The molecular weight excluding hydrogens is 259 g/mol. The molecule has 5 heteroatoms. The number of methoxy groups -OCH3 is 1. The lowest BCUT2D eigenvalue weighted by molar-refractivity contribution is -0.147. The van der Waals surface area contributed by atoms with E-state index in [9.17, 15) is 9.18 Å². The summed E-state index contributed by atoms with van der Waals surface area (Å²) in [6.07, 6.45) is 1.82. The van der Waals surface area contributed by atoms with Gasteiger partial charge in [-0.1, -0.05) is 6.07 Å². The van der Waals surface area contributed by atoms with E-state index in [1.54, 1.807) is 0 Å². The zero-order valence-corrected chi connectivity index (χ0v) is 11.8. The lowest BCUT2D eigenvalue weighted by Gasteiger charge is -2.31. The highest BCUT2D eigenvalue weighted by atomic mass is 19.1. The second kappa shape index (κ2) is 6.81. The first-order valence-electron chi connectivity index (χ1n) is 6.91. The molecule has 20 heavy (non-hydrogen) atoms. The average Bonchev–Trinajstić information content (AvgIpc) is 2.46. The van der Waals surface area contributed by atoms with E-state index in [-0.39, 0.29) is 17.7 Å². The fourth-order valence-corrected chi connectivity index (χ4v) is 2.74. The minimum atomic E-state index is -0.260. The Morgan fingerprint density at radius 3 is 2.90 bits per heavy atom. The third kappa shape index (κ3) is 3.77. The first kappa shape index (κ1) is 14.9. The second-order valence-corrected chi connectivity index (χ2v) is 5.27. The highest BCUT2D eigenvalue weighted by Gasteiger charge is 2.26. The zero-order valence-electron chi connectivity index (χ0n) is 11.8. The van der Waals surface area contributed by atoms with Crippen LogP contribution in [0.15, 0.2) is 18.2 Å². The van der Waals surface area contributed by atoms with Gasteiger partial charge in [-0.3, -0.25) is 9.69 Å². The highest BCUT2D eigenvalue weighted by Crippen LogP contribution is 2.20. The van der Waals surface area contributed by atoms with Crippen molar-refractivity contribution >= 4 is 5.97 Å². The summed E-state index contributed by atoms with van der Waals surface area (Å²) in [7, 11) is 1.42. The predicted molar refractivity (Wildman–Crippen MR) is 74.3 cm³/mol. The summed E-state index contributed by atoms with van der Waals surface area (Å²) < 4.78 is 18.3. The summed E-state index contributed by atoms with van der Waals surface area (Å²) in [5.41, 5.74) is 7.25. The van der Waals surface area contributed by atoms with Gasteiger partial charge >= 0.3 is 5.97 Å². The van der Waals surface area contributed by atoms with E-state index in [0.29, 0.717) is 19.6 Å².